The van der Waals surface area contributed by atoms with E-state index in [1.165, 1.54) is 12.1 Å². The van der Waals surface area contributed by atoms with E-state index < -0.39 is 9.84 Å². The lowest BCUT2D eigenvalue weighted by Gasteiger charge is -2.12. The third-order valence-corrected chi connectivity index (χ3v) is 5.29. The summed E-state index contributed by atoms with van der Waals surface area (Å²) in [5.74, 6) is -0.301. The highest BCUT2D eigenvalue weighted by atomic mass is 32.2. The zero-order valence-electron chi connectivity index (χ0n) is 11.5. The van der Waals surface area contributed by atoms with Crippen molar-refractivity contribution < 1.29 is 18.6 Å². The first kappa shape index (κ1) is 14.4. The summed E-state index contributed by atoms with van der Waals surface area (Å²) in [6.45, 7) is 4.87. The van der Waals surface area contributed by atoms with Gasteiger partial charge in [-0.1, -0.05) is 18.2 Å². The molecule has 4 nitrogen and oxygen atoms in total. The molecule has 0 atom stereocenters. The van der Waals surface area contributed by atoms with Gasteiger partial charge in [-0.05, 0) is 44.0 Å². The number of phenols is 2. The summed E-state index contributed by atoms with van der Waals surface area (Å²) in [7, 11) is -3.87. The number of para-hydroxylation sites is 1. The summed E-state index contributed by atoms with van der Waals surface area (Å²) in [5, 5.41) is 19.9. The van der Waals surface area contributed by atoms with Crippen LogP contribution in [-0.4, -0.2) is 18.6 Å². The van der Waals surface area contributed by atoms with Crippen LogP contribution in [0.25, 0.3) is 0 Å². The molecule has 5 heteroatoms. The first-order valence-corrected chi connectivity index (χ1v) is 7.58. The monoisotopic (exact) mass is 292 g/mol. The Kier molecular flexibility index (Phi) is 3.48. The van der Waals surface area contributed by atoms with E-state index in [0.717, 1.165) is 0 Å². The summed E-state index contributed by atoms with van der Waals surface area (Å²) < 4.78 is 25.2. The Balaban J connectivity index is 2.74. The van der Waals surface area contributed by atoms with E-state index in [4.69, 9.17) is 0 Å². The molecule has 2 N–H and O–H groups in total. The van der Waals surface area contributed by atoms with E-state index >= 15 is 0 Å². The lowest BCUT2D eigenvalue weighted by molar-refractivity contribution is 0.453. The van der Waals surface area contributed by atoms with Crippen LogP contribution in [0.15, 0.2) is 40.1 Å². The molecule has 0 unspecified atom stereocenters. The SMILES string of the molecule is Cc1cccc(S(=O)(=O)c2ccc(C)c(O)c2C)c1O. The predicted molar refractivity (Wildman–Crippen MR) is 75.9 cm³/mol. The molecule has 0 heterocycles. The smallest absolute Gasteiger partial charge is 0.210 e. The summed E-state index contributed by atoms with van der Waals surface area (Å²) >= 11 is 0. The average Bonchev–Trinajstić information content (AvgIpc) is 2.38. The molecule has 0 bridgehead atoms. The summed E-state index contributed by atoms with van der Waals surface area (Å²) in [4.78, 5) is -0.148. The van der Waals surface area contributed by atoms with Gasteiger partial charge in [0, 0.05) is 5.56 Å². The zero-order valence-corrected chi connectivity index (χ0v) is 12.3. The maximum Gasteiger partial charge on any atom is 0.210 e. The second-order valence-electron chi connectivity index (χ2n) is 4.78. The topological polar surface area (TPSA) is 74.6 Å². The summed E-state index contributed by atoms with van der Waals surface area (Å²) in [6.07, 6.45) is 0. The summed E-state index contributed by atoms with van der Waals surface area (Å²) in [5.41, 5.74) is 1.38. The Hall–Kier alpha value is -2.01. The predicted octanol–water partition coefficient (Wildman–Crippen LogP) is 2.86. The van der Waals surface area contributed by atoms with Crippen LogP contribution in [0.4, 0.5) is 0 Å². The quantitative estimate of drug-likeness (QED) is 0.892. The molecule has 2 aromatic rings. The van der Waals surface area contributed by atoms with Gasteiger partial charge in [0.05, 0.1) is 4.90 Å². The molecule has 0 amide bonds. The fourth-order valence-corrected chi connectivity index (χ4v) is 3.73. The Morgan fingerprint density at radius 2 is 1.40 bits per heavy atom. The Bertz CT molecular complexity index is 777. The molecule has 2 aromatic carbocycles. The number of hydrogen-bond donors (Lipinski definition) is 2. The van der Waals surface area contributed by atoms with Crippen LogP contribution in [0.5, 0.6) is 11.5 Å². The highest BCUT2D eigenvalue weighted by Crippen LogP contribution is 2.35. The van der Waals surface area contributed by atoms with Crippen LogP contribution in [0, 0.1) is 20.8 Å². The van der Waals surface area contributed by atoms with Crippen molar-refractivity contribution in [3.63, 3.8) is 0 Å². The van der Waals surface area contributed by atoms with Crippen LogP contribution < -0.4 is 0 Å². The second kappa shape index (κ2) is 4.83. The lowest BCUT2D eigenvalue weighted by atomic mass is 10.1. The zero-order chi connectivity index (χ0) is 15.1. The third-order valence-electron chi connectivity index (χ3n) is 3.36. The summed E-state index contributed by atoms with van der Waals surface area (Å²) in [6, 6.07) is 7.55. The van der Waals surface area contributed by atoms with Gasteiger partial charge in [-0.15, -0.1) is 0 Å². The molecule has 0 aliphatic rings. The van der Waals surface area contributed by atoms with Crippen molar-refractivity contribution in [2.24, 2.45) is 0 Å². The molecular weight excluding hydrogens is 276 g/mol. The fraction of sp³-hybridized carbons (Fsp3) is 0.200. The van der Waals surface area contributed by atoms with Crippen molar-refractivity contribution in [2.75, 3.05) is 0 Å². The third kappa shape index (κ3) is 2.14. The molecule has 0 saturated heterocycles. The molecule has 0 aliphatic carbocycles. The van der Waals surface area contributed by atoms with Crippen molar-refractivity contribution >= 4 is 9.84 Å². The Morgan fingerprint density at radius 3 is 2.05 bits per heavy atom. The number of sulfone groups is 1. The molecule has 0 fully saturated rings. The van der Waals surface area contributed by atoms with Gasteiger partial charge in [0.25, 0.3) is 0 Å². The molecule has 0 radical (unpaired) electrons. The average molecular weight is 292 g/mol. The number of hydrogen-bond acceptors (Lipinski definition) is 4. The van der Waals surface area contributed by atoms with Gasteiger partial charge in [0.1, 0.15) is 16.4 Å². The highest BCUT2D eigenvalue weighted by Gasteiger charge is 2.25. The highest BCUT2D eigenvalue weighted by molar-refractivity contribution is 7.91. The van der Waals surface area contributed by atoms with Crippen molar-refractivity contribution in [2.45, 2.75) is 30.6 Å². The normalized spacial score (nSPS) is 11.6. The Morgan fingerprint density at radius 1 is 0.800 bits per heavy atom. The van der Waals surface area contributed by atoms with Gasteiger partial charge < -0.3 is 10.2 Å². The van der Waals surface area contributed by atoms with Gasteiger partial charge in [0.15, 0.2) is 0 Å². The van der Waals surface area contributed by atoms with Crippen molar-refractivity contribution in [3.05, 3.63) is 47.0 Å². The van der Waals surface area contributed by atoms with Gasteiger partial charge in [-0.2, -0.15) is 0 Å². The van der Waals surface area contributed by atoms with Gasteiger partial charge in [0.2, 0.25) is 9.84 Å². The van der Waals surface area contributed by atoms with E-state index in [-0.39, 0.29) is 26.9 Å². The molecule has 0 aliphatic heterocycles. The van der Waals surface area contributed by atoms with E-state index in [1.807, 2.05) is 0 Å². The van der Waals surface area contributed by atoms with Gasteiger partial charge in [-0.25, -0.2) is 8.42 Å². The molecule has 20 heavy (non-hydrogen) atoms. The number of phenolic OH excluding ortho intramolecular Hbond substituents is 2. The molecule has 0 spiro atoms. The molecular formula is C15H16O4S. The lowest BCUT2D eigenvalue weighted by Crippen LogP contribution is -2.05. The largest absolute Gasteiger partial charge is 0.507 e. The maximum absolute atomic E-state index is 12.6. The number of benzene rings is 2. The van der Waals surface area contributed by atoms with Gasteiger partial charge >= 0.3 is 0 Å². The molecule has 106 valence electrons. The maximum atomic E-state index is 12.6. The van der Waals surface area contributed by atoms with Crippen LogP contribution in [-0.2, 0) is 9.84 Å². The van der Waals surface area contributed by atoms with Crippen molar-refractivity contribution in [1.29, 1.82) is 0 Å². The first-order chi connectivity index (χ1) is 9.26. The van der Waals surface area contributed by atoms with E-state index in [2.05, 4.69) is 0 Å². The molecule has 2 rings (SSSR count). The minimum Gasteiger partial charge on any atom is -0.507 e. The fourth-order valence-electron chi connectivity index (χ4n) is 2.08. The number of aryl methyl sites for hydroxylation is 2. The van der Waals surface area contributed by atoms with E-state index in [9.17, 15) is 18.6 Å². The van der Waals surface area contributed by atoms with Crippen LogP contribution in [0.2, 0.25) is 0 Å². The first-order valence-electron chi connectivity index (χ1n) is 6.09. The standard InChI is InChI=1S/C15H16O4S/c1-9-5-4-6-13(15(9)17)20(18,19)12-8-7-10(2)14(16)11(12)3/h4-8,16-17H,1-3H3. The molecule has 0 aromatic heterocycles. The number of rotatable bonds is 2. The molecule has 0 saturated carbocycles. The van der Waals surface area contributed by atoms with E-state index in [1.54, 1.807) is 39.0 Å². The van der Waals surface area contributed by atoms with Crippen LogP contribution >= 0.6 is 0 Å². The Labute approximate surface area is 118 Å². The minimum absolute atomic E-state index is 0.00139. The van der Waals surface area contributed by atoms with Crippen molar-refractivity contribution in [1.82, 2.24) is 0 Å². The van der Waals surface area contributed by atoms with Gasteiger partial charge in [-0.3, -0.25) is 0 Å². The van der Waals surface area contributed by atoms with Crippen LogP contribution in [0.3, 0.4) is 0 Å². The van der Waals surface area contributed by atoms with Crippen LogP contribution in [0.1, 0.15) is 16.7 Å². The minimum atomic E-state index is -3.87. The number of aromatic hydroxyl groups is 2. The van der Waals surface area contributed by atoms with E-state index in [0.29, 0.717) is 11.1 Å². The second-order valence-corrected chi connectivity index (χ2v) is 6.67. The van der Waals surface area contributed by atoms with Crippen molar-refractivity contribution in [3.8, 4) is 11.5 Å².